The molecule has 1 aromatic heterocycles. The van der Waals surface area contributed by atoms with Crippen molar-refractivity contribution in [1.29, 1.82) is 0 Å². The average molecular weight is 314 g/mol. The molecule has 1 heterocycles. The van der Waals surface area contributed by atoms with Gasteiger partial charge in [0, 0.05) is 17.6 Å². The fourth-order valence-corrected chi connectivity index (χ4v) is 2.23. The summed E-state index contributed by atoms with van der Waals surface area (Å²) in [5.41, 5.74) is 2.03. The molecule has 0 atom stereocenters. The number of benzene rings is 1. The summed E-state index contributed by atoms with van der Waals surface area (Å²) in [6.45, 7) is 1.87. The number of hydrogen-bond acceptors (Lipinski definition) is 2. The van der Waals surface area contributed by atoms with Gasteiger partial charge in [-0.3, -0.25) is 9.48 Å². The van der Waals surface area contributed by atoms with Crippen molar-refractivity contribution in [2.75, 3.05) is 0 Å². The summed E-state index contributed by atoms with van der Waals surface area (Å²) in [5.74, 6) is -0.0726. The molecule has 0 amide bonds. The van der Waals surface area contributed by atoms with E-state index in [0.29, 0.717) is 20.8 Å². The van der Waals surface area contributed by atoms with Gasteiger partial charge in [0.15, 0.2) is 0 Å². The second kappa shape index (κ2) is 4.63. The van der Waals surface area contributed by atoms with E-state index in [0.717, 1.165) is 5.56 Å². The number of rotatable bonds is 2. The van der Waals surface area contributed by atoms with Gasteiger partial charge in [-0.1, -0.05) is 11.6 Å². The van der Waals surface area contributed by atoms with E-state index >= 15 is 0 Å². The molecular formula is C12H10BrClN2O. The molecule has 0 spiro atoms. The van der Waals surface area contributed by atoms with E-state index in [9.17, 15) is 4.79 Å². The monoisotopic (exact) mass is 312 g/mol. The van der Waals surface area contributed by atoms with Gasteiger partial charge in [-0.05, 0) is 46.6 Å². The summed E-state index contributed by atoms with van der Waals surface area (Å²) < 4.78 is 2.24. The van der Waals surface area contributed by atoms with Crippen molar-refractivity contribution in [3.8, 4) is 0 Å². The van der Waals surface area contributed by atoms with Gasteiger partial charge in [0.05, 0.1) is 10.7 Å². The van der Waals surface area contributed by atoms with Crippen LogP contribution in [-0.4, -0.2) is 15.6 Å². The van der Waals surface area contributed by atoms with Crippen LogP contribution in [0.1, 0.15) is 21.6 Å². The van der Waals surface area contributed by atoms with Crippen molar-refractivity contribution in [3.63, 3.8) is 0 Å². The molecule has 2 aromatic rings. The van der Waals surface area contributed by atoms with Gasteiger partial charge in [-0.15, -0.1) is 0 Å². The number of hydrogen-bond donors (Lipinski definition) is 0. The summed E-state index contributed by atoms with van der Waals surface area (Å²) in [7, 11) is 1.74. The van der Waals surface area contributed by atoms with Crippen LogP contribution in [0.4, 0.5) is 0 Å². The Balaban J connectivity index is 2.48. The highest BCUT2D eigenvalue weighted by atomic mass is 79.9. The third-order valence-corrected chi connectivity index (χ3v) is 3.53. The summed E-state index contributed by atoms with van der Waals surface area (Å²) in [4.78, 5) is 12.3. The predicted molar refractivity (Wildman–Crippen MR) is 70.5 cm³/mol. The molecule has 5 heteroatoms. The lowest BCUT2D eigenvalue weighted by Gasteiger charge is -2.04. The third kappa shape index (κ3) is 2.28. The molecule has 0 saturated carbocycles. The van der Waals surface area contributed by atoms with Crippen LogP contribution in [0.25, 0.3) is 0 Å². The van der Waals surface area contributed by atoms with E-state index in [4.69, 9.17) is 11.6 Å². The van der Waals surface area contributed by atoms with Crippen LogP contribution >= 0.6 is 27.5 Å². The molecule has 88 valence electrons. The minimum atomic E-state index is -0.0726. The fraction of sp³-hybridized carbons (Fsp3) is 0.167. The van der Waals surface area contributed by atoms with Crippen molar-refractivity contribution in [2.24, 2.45) is 7.05 Å². The summed E-state index contributed by atoms with van der Waals surface area (Å²) in [5, 5.41) is 4.68. The number of aryl methyl sites for hydroxylation is 2. The summed E-state index contributed by atoms with van der Waals surface area (Å²) >= 11 is 9.25. The quantitative estimate of drug-likeness (QED) is 0.797. The molecule has 0 bridgehead atoms. The fourth-order valence-electron chi connectivity index (χ4n) is 1.59. The Morgan fingerprint density at radius 1 is 1.47 bits per heavy atom. The average Bonchev–Trinajstić information content (AvgIpc) is 2.62. The van der Waals surface area contributed by atoms with E-state index in [1.165, 1.54) is 0 Å². The Labute approximate surface area is 113 Å². The predicted octanol–water partition coefficient (Wildman–Crippen LogP) is 3.38. The topological polar surface area (TPSA) is 34.9 Å². The van der Waals surface area contributed by atoms with Gasteiger partial charge in [-0.25, -0.2) is 0 Å². The minimum Gasteiger partial charge on any atom is -0.287 e. The Morgan fingerprint density at radius 3 is 2.71 bits per heavy atom. The highest BCUT2D eigenvalue weighted by Crippen LogP contribution is 2.22. The molecule has 0 aliphatic carbocycles. The number of aromatic nitrogens is 2. The summed E-state index contributed by atoms with van der Waals surface area (Å²) in [6, 6.07) is 5.23. The summed E-state index contributed by atoms with van der Waals surface area (Å²) in [6.07, 6.45) is 1.61. The zero-order valence-corrected chi connectivity index (χ0v) is 11.7. The zero-order valence-electron chi connectivity index (χ0n) is 9.37. The normalized spacial score (nSPS) is 10.6. The number of nitrogens with zero attached hydrogens (tertiary/aromatic N) is 2. The maximum Gasteiger partial charge on any atom is 0.212 e. The number of carbonyl (C=O) groups is 1. The smallest absolute Gasteiger partial charge is 0.212 e. The van der Waals surface area contributed by atoms with Gasteiger partial charge in [0.2, 0.25) is 5.78 Å². The second-order valence-corrected chi connectivity index (χ2v) is 5.02. The molecule has 0 aliphatic heterocycles. The Bertz CT molecular complexity index is 573. The van der Waals surface area contributed by atoms with Crippen LogP contribution in [0.3, 0.4) is 0 Å². The third-order valence-electron chi connectivity index (χ3n) is 2.53. The van der Waals surface area contributed by atoms with Crippen molar-refractivity contribution in [2.45, 2.75) is 6.92 Å². The standard InChI is InChI=1S/C12H10BrClN2O/c1-7-5-8(3-4-10(7)14)12(17)11-9(13)6-15-16(11)2/h3-6H,1-2H3. The van der Waals surface area contributed by atoms with Gasteiger partial charge < -0.3 is 0 Å². The molecular weight excluding hydrogens is 304 g/mol. The number of ketones is 1. The zero-order chi connectivity index (χ0) is 12.6. The number of carbonyl (C=O) groups excluding carboxylic acids is 1. The molecule has 0 saturated heterocycles. The minimum absolute atomic E-state index is 0.0726. The first-order valence-electron chi connectivity index (χ1n) is 4.99. The van der Waals surface area contributed by atoms with Crippen LogP contribution in [0, 0.1) is 6.92 Å². The first kappa shape index (κ1) is 12.3. The largest absolute Gasteiger partial charge is 0.287 e. The van der Waals surface area contributed by atoms with Crippen LogP contribution < -0.4 is 0 Å². The molecule has 0 N–H and O–H groups in total. The van der Waals surface area contributed by atoms with E-state index in [1.54, 1.807) is 36.1 Å². The second-order valence-electron chi connectivity index (χ2n) is 3.76. The lowest BCUT2D eigenvalue weighted by atomic mass is 10.1. The highest BCUT2D eigenvalue weighted by molar-refractivity contribution is 9.10. The van der Waals surface area contributed by atoms with Gasteiger partial charge in [0.25, 0.3) is 0 Å². The lowest BCUT2D eigenvalue weighted by molar-refractivity contribution is 0.102. The van der Waals surface area contributed by atoms with E-state index < -0.39 is 0 Å². The SMILES string of the molecule is Cc1cc(C(=O)c2c(Br)cnn2C)ccc1Cl. The van der Waals surface area contributed by atoms with E-state index in [1.807, 2.05) is 6.92 Å². The maximum atomic E-state index is 12.3. The first-order valence-corrected chi connectivity index (χ1v) is 6.16. The van der Waals surface area contributed by atoms with Crippen molar-refractivity contribution in [1.82, 2.24) is 9.78 Å². The van der Waals surface area contributed by atoms with Crippen LogP contribution in [0.2, 0.25) is 5.02 Å². The molecule has 2 rings (SSSR count). The number of halogens is 2. The molecule has 3 nitrogen and oxygen atoms in total. The molecule has 0 radical (unpaired) electrons. The van der Waals surface area contributed by atoms with E-state index in [2.05, 4.69) is 21.0 Å². The van der Waals surface area contributed by atoms with Gasteiger partial charge >= 0.3 is 0 Å². The van der Waals surface area contributed by atoms with E-state index in [-0.39, 0.29) is 5.78 Å². The molecule has 0 unspecified atom stereocenters. The highest BCUT2D eigenvalue weighted by Gasteiger charge is 2.17. The van der Waals surface area contributed by atoms with Crippen LogP contribution in [0.5, 0.6) is 0 Å². The van der Waals surface area contributed by atoms with Gasteiger partial charge in [-0.2, -0.15) is 5.10 Å². The van der Waals surface area contributed by atoms with Crippen LogP contribution in [0.15, 0.2) is 28.9 Å². The molecule has 0 aliphatic rings. The maximum absolute atomic E-state index is 12.3. The Kier molecular flexibility index (Phi) is 3.35. The van der Waals surface area contributed by atoms with Gasteiger partial charge in [0.1, 0.15) is 5.69 Å². The van der Waals surface area contributed by atoms with Crippen molar-refractivity contribution >= 4 is 33.3 Å². The first-order chi connectivity index (χ1) is 8.00. The molecule has 17 heavy (non-hydrogen) atoms. The van der Waals surface area contributed by atoms with Crippen molar-refractivity contribution in [3.05, 3.63) is 50.7 Å². The Morgan fingerprint density at radius 2 is 2.18 bits per heavy atom. The lowest BCUT2D eigenvalue weighted by Crippen LogP contribution is -2.09. The Hall–Kier alpha value is -1.13. The van der Waals surface area contributed by atoms with Crippen molar-refractivity contribution < 1.29 is 4.79 Å². The molecule has 0 fully saturated rings. The molecule has 1 aromatic carbocycles. The van der Waals surface area contributed by atoms with Crippen LogP contribution in [-0.2, 0) is 7.05 Å².